The van der Waals surface area contributed by atoms with Gasteiger partial charge >= 0.3 is 6.36 Å². The van der Waals surface area contributed by atoms with Crippen molar-refractivity contribution in [3.8, 4) is 5.75 Å². The molecule has 0 saturated carbocycles. The van der Waals surface area contributed by atoms with Crippen LogP contribution in [0.5, 0.6) is 5.75 Å². The molecule has 0 atom stereocenters. The standard InChI is InChI=1S/C22H19F3N2O3/c1-15-6-4-7-16(12-15)14-27-11-5-9-18(21(27)29)20(28)26-13-17-8-2-3-10-19(17)30-22(23,24)25/h2-12H,13-14H2,1H3,(H,26,28). The lowest BCUT2D eigenvalue weighted by Crippen LogP contribution is -2.32. The van der Waals surface area contributed by atoms with Crippen molar-refractivity contribution in [2.45, 2.75) is 26.4 Å². The van der Waals surface area contributed by atoms with Gasteiger partial charge in [-0.2, -0.15) is 0 Å². The topological polar surface area (TPSA) is 60.3 Å². The van der Waals surface area contributed by atoms with Crippen LogP contribution in [0.25, 0.3) is 0 Å². The number of hydrogen-bond acceptors (Lipinski definition) is 3. The van der Waals surface area contributed by atoms with E-state index in [0.29, 0.717) is 6.54 Å². The number of carbonyl (C=O) groups is 1. The van der Waals surface area contributed by atoms with Crippen LogP contribution in [0.3, 0.4) is 0 Å². The van der Waals surface area contributed by atoms with Crippen molar-refractivity contribution in [3.63, 3.8) is 0 Å². The number of halogens is 3. The molecule has 5 nitrogen and oxygen atoms in total. The Morgan fingerprint density at radius 3 is 2.57 bits per heavy atom. The van der Waals surface area contributed by atoms with Gasteiger partial charge in [0.2, 0.25) is 0 Å². The average molecular weight is 416 g/mol. The molecule has 30 heavy (non-hydrogen) atoms. The Hall–Kier alpha value is -3.55. The van der Waals surface area contributed by atoms with Gasteiger partial charge in [0, 0.05) is 18.3 Å². The Balaban J connectivity index is 1.75. The maximum absolute atomic E-state index is 12.7. The Morgan fingerprint density at radius 2 is 1.83 bits per heavy atom. The van der Waals surface area contributed by atoms with Crippen LogP contribution in [0.2, 0.25) is 0 Å². The van der Waals surface area contributed by atoms with Crippen LogP contribution < -0.4 is 15.6 Å². The first kappa shape index (κ1) is 21.2. The van der Waals surface area contributed by atoms with Gasteiger partial charge in [-0.15, -0.1) is 13.2 Å². The van der Waals surface area contributed by atoms with Crippen molar-refractivity contribution in [2.24, 2.45) is 0 Å². The van der Waals surface area contributed by atoms with Gasteiger partial charge in [0.05, 0.1) is 6.54 Å². The summed E-state index contributed by atoms with van der Waals surface area (Å²) in [7, 11) is 0. The summed E-state index contributed by atoms with van der Waals surface area (Å²) in [5.74, 6) is -1.09. The molecule has 1 aromatic heterocycles. The molecule has 1 amide bonds. The molecule has 1 N–H and O–H groups in total. The van der Waals surface area contributed by atoms with Gasteiger partial charge in [-0.25, -0.2) is 0 Å². The third kappa shape index (κ3) is 5.50. The van der Waals surface area contributed by atoms with Crippen LogP contribution in [0.15, 0.2) is 71.7 Å². The van der Waals surface area contributed by atoms with E-state index in [2.05, 4.69) is 10.1 Å². The molecule has 2 aromatic carbocycles. The minimum absolute atomic E-state index is 0.0978. The predicted molar refractivity (Wildman–Crippen MR) is 105 cm³/mol. The van der Waals surface area contributed by atoms with E-state index in [1.807, 2.05) is 31.2 Å². The van der Waals surface area contributed by atoms with Crippen molar-refractivity contribution in [3.05, 3.63) is 99.5 Å². The number of pyridine rings is 1. The Morgan fingerprint density at radius 1 is 1.07 bits per heavy atom. The molecule has 0 spiro atoms. The second-order valence-electron chi connectivity index (χ2n) is 6.68. The van der Waals surface area contributed by atoms with Gasteiger partial charge in [0.25, 0.3) is 11.5 Å². The molecule has 8 heteroatoms. The minimum atomic E-state index is -4.84. The number of nitrogens with one attached hydrogen (secondary N) is 1. The minimum Gasteiger partial charge on any atom is -0.405 e. The molecular weight excluding hydrogens is 397 g/mol. The summed E-state index contributed by atoms with van der Waals surface area (Å²) >= 11 is 0. The second kappa shape index (κ2) is 8.86. The number of benzene rings is 2. The maximum atomic E-state index is 12.7. The van der Waals surface area contributed by atoms with Crippen LogP contribution in [-0.4, -0.2) is 16.8 Å². The quantitative estimate of drug-likeness (QED) is 0.660. The molecule has 0 saturated heterocycles. The zero-order chi connectivity index (χ0) is 21.7. The molecule has 0 aliphatic carbocycles. The van der Waals surface area contributed by atoms with Crippen molar-refractivity contribution < 1.29 is 22.7 Å². The first-order chi connectivity index (χ1) is 14.2. The van der Waals surface area contributed by atoms with Crippen LogP contribution in [0.1, 0.15) is 27.0 Å². The van der Waals surface area contributed by atoms with E-state index >= 15 is 0 Å². The van der Waals surface area contributed by atoms with Crippen LogP contribution >= 0.6 is 0 Å². The number of para-hydroxylation sites is 1. The summed E-state index contributed by atoms with van der Waals surface area (Å²) in [5, 5.41) is 2.48. The van der Waals surface area contributed by atoms with Gasteiger partial charge in [-0.05, 0) is 30.7 Å². The monoisotopic (exact) mass is 416 g/mol. The lowest BCUT2D eigenvalue weighted by Gasteiger charge is -2.14. The highest BCUT2D eigenvalue weighted by atomic mass is 19.4. The summed E-state index contributed by atoms with van der Waals surface area (Å²) in [6, 6.07) is 16.1. The number of amides is 1. The Bertz CT molecular complexity index is 1110. The van der Waals surface area contributed by atoms with E-state index in [1.165, 1.54) is 28.8 Å². The number of aromatic nitrogens is 1. The number of rotatable bonds is 6. The first-order valence-electron chi connectivity index (χ1n) is 9.10. The molecule has 0 bridgehead atoms. The number of aryl methyl sites for hydroxylation is 1. The van der Waals surface area contributed by atoms with E-state index in [0.717, 1.165) is 17.2 Å². The molecule has 3 aromatic rings. The van der Waals surface area contributed by atoms with E-state index in [-0.39, 0.29) is 17.7 Å². The maximum Gasteiger partial charge on any atom is 0.573 e. The SMILES string of the molecule is Cc1cccc(Cn2cccc(C(=O)NCc3ccccc3OC(F)(F)F)c2=O)c1. The van der Waals surface area contributed by atoms with Gasteiger partial charge in [-0.1, -0.05) is 48.0 Å². The molecule has 0 unspecified atom stereocenters. The number of alkyl halides is 3. The van der Waals surface area contributed by atoms with Gasteiger partial charge in [0.15, 0.2) is 0 Å². The normalized spacial score (nSPS) is 11.2. The van der Waals surface area contributed by atoms with Gasteiger partial charge in [-0.3, -0.25) is 9.59 Å². The number of nitrogens with zero attached hydrogens (tertiary/aromatic N) is 1. The zero-order valence-corrected chi connectivity index (χ0v) is 16.1. The largest absolute Gasteiger partial charge is 0.573 e. The molecule has 1 heterocycles. The van der Waals surface area contributed by atoms with Crippen LogP contribution in [0, 0.1) is 6.92 Å². The summed E-state index contributed by atoms with van der Waals surface area (Å²) in [6.45, 7) is 2.01. The van der Waals surface area contributed by atoms with E-state index in [4.69, 9.17) is 0 Å². The van der Waals surface area contributed by atoms with Crippen molar-refractivity contribution in [1.29, 1.82) is 0 Å². The Labute approximate surface area is 170 Å². The third-order valence-corrected chi connectivity index (χ3v) is 4.34. The lowest BCUT2D eigenvalue weighted by atomic mass is 10.1. The van der Waals surface area contributed by atoms with Crippen LogP contribution in [0.4, 0.5) is 13.2 Å². The van der Waals surface area contributed by atoms with E-state index in [9.17, 15) is 22.8 Å². The highest BCUT2D eigenvalue weighted by molar-refractivity contribution is 5.93. The van der Waals surface area contributed by atoms with Gasteiger partial charge in [0.1, 0.15) is 11.3 Å². The van der Waals surface area contributed by atoms with Crippen molar-refractivity contribution in [1.82, 2.24) is 9.88 Å². The second-order valence-corrected chi connectivity index (χ2v) is 6.68. The zero-order valence-electron chi connectivity index (χ0n) is 16.1. The smallest absolute Gasteiger partial charge is 0.405 e. The fraction of sp³-hybridized carbons (Fsp3) is 0.182. The van der Waals surface area contributed by atoms with Crippen LogP contribution in [-0.2, 0) is 13.1 Å². The molecule has 0 fully saturated rings. The van der Waals surface area contributed by atoms with E-state index < -0.39 is 23.6 Å². The highest BCUT2D eigenvalue weighted by Crippen LogP contribution is 2.26. The summed E-state index contributed by atoms with van der Waals surface area (Å²) in [6.07, 6.45) is -3.27. The highest BCUT2D eigenvalue weighted by Gasteiger charge is 2.32. The number of hydrogen-bond donors (Lipinski definition) is 1. The third-order valence-electron chi connectivity index (χ3n) is 4.34. The van der Waals surface area contributed by atoms with Gasteiger partial charge < -0.3 is 14.6 Å². The molecule has 3 rings (SSSR count). The summed E-state index contributed by atoms with van der Waals surface area (Å²) in [5.41, 5.74) is 1.51. The first-order valence-corrected chi connectivity index (χ1v) is 9.10. The fourth-order valence-electron chi connectivity index (χ4n) is 2.99. The molecule has 0 radical (unpaired) electrons. The summed E-state index contributed by atoms with van der Waals surface area (Å²) < 4.78 is 43.0. The van der Waals surface area contributed by atoms with Crippen molar-refractivity contribution in [2.75, 3.05) is 0 Å². The average Bonchev–Trinajstić information content (AvgIpc) is 2.67. The number of ether oxygens (including phenoxy) is 1. The molecule has 0 aliphatic heterocycles. The van der Waals surface area contributed by atoms with E-state index in [1.54, 1.807) is 12.3 Å². The predicted octanol–water partition coefficient (Wildman–Crippen LogP) is 4.03. The fourth-order valence-corrected chi connectivity index (χ4v) is 2.99. The molecule has 156 valence electrons. The molecule has 0 aliphatic rings. The lowest BCUT2D eigenvalue weighted by molar-refractivity contribution is -0.274. The summed E-state index contributed by atoms with van der Waals surface area (Å²) in [4.78, 5) is 25.2. The Kier molecular flexibility index (Phi) is 6.25. The molecular formula is C22H19F3N2O3. The van der Waals surface area contributed by atoms with Crippen molar-refractivity contribution >= 4 is 5.91 Å². The number of carbonyl (C=O) groups excluding carboxylic acids is 1.